The third-order valence-corrected chi connectivity index (χ3v) is 3.82. The molecule has 17 heavy (non-hydrogen) atoms. The third-order valence-electron chi connectivity index (χ3n) is 1.97. The second-order valence-corrected chi connectivity index (χ2v) is 5.96. The van der Waals surface area contributed by atoms with Crippen LogP contribution in [-0.2, 0) is 15.6 Å². The van der Waals surface area contributed by atoms with Gasteiger partial charge in [-0.3, -0.25) is 4.57 Å². The Morgan fingerprint density at radius 1 is 1.29 bits per heavy atom. The van der Waals surface area contributed by atoms with Crippen LogP contribution in [-0.4, -0.2) is 12.3 Å². The first kappa shape index (κ1) is 14.3. The Kier molecular flexibility index (Phi) is 5.25. The average Bonchev–Trinajstić information content (AvgIpc) is 2.27. The lowest BCUT2D eigenvalue weighted by atomic mass is 10.2. The predicted octanol–water partition coefficient (Wildman–Crippen LogP) is 3.62. The minimum Gasteiger partial charge on any atom is -0.311 e. The summed E-state index contributed by atoms with van der Waals surface area (Å²) in [6, 6.07) is 8.92. The molecule has 1 aromatic rings. The highest BCUT2D eigenvalue weighted by molar-refractivity contribution is 7.57. The number of alkyl halides is 2. The fourth-order valence-electron chi connectivity index (χ4n) is 1.26. The molecule has 0 aliphatic rings. The van der Waals surface area contributed by atoms with Gasteiger partial charge in [0.25, 0.3) is 0 Å². The average molecular weight is 263 g/mol. The van der Waals surface area contributed by atoms with E-state index in [1.54, 1.807) is 38.1 Å². The van der Waals surface area contributed by atoms with Crippen LogP contribution in [0.3, 0.4) is 0 Å². The topological polar surface area (TPSA) is 38.3 Å². The van der Waals surface area contributed by atoms with E-state index in [0.29, 0.717) is 0 Å². The van der Waals surface area contributed by atoms with E-state index in [2.05, 4.69) is 5.09 Å². The van der Waals surface area contributed by atoms with Crippen molar-refractivity contribution < 1.29 is 17.9 Å². The predicted molar refractivity (Wildman–Crippen MR) is 63.1 cm³/mol. The minimum absolute atomic E-state index is 0.0924. The van der Waals surface area contributed by atoms with Gasteiger partial charge in [0.1, 0.15) is 0 Å². The summed E-state index contributed by atoms with van der Waals surface area (Å²) < 4.78 is 42.0. The molecule has 0 saturated heterocycles. The Bertz CT molecular complexity index is 384. The second kappa shape index (κ2) is 6.24. The van der Waals surface area contributed by atoms with Crippen molar-refractivity contribution in [2.45, 2.75) is 32.7 Å². The maximum Gasteiger partial charge on any atom is 0.335 e. The minimum atomic E-state index is -4.10. The molecular formula is C11H16F2NO2P. The molecule has 0 saturated carbocycles. The van der Waals surface area contributed by atoms with Crippen LogP contribution < -0.4 is 5.09 Å². The molecule has 1 unspecified atom stereocenters. The van der Waals surface area contributed by atoms with Crippen LogP contribution in [0.1, 0.15) is 19.4 Å². The summed E-state index contributed by atoms with van der Waals surface area (Å²) in [4.78, 5) is 0. The van der Waals surface area contributed by atoms with Gasteiger partial charge >= 0.3 is 13.7 Å². The number of benzene rings is 1. The molecule has 3 nitrogen and oxygen atoms in total. The van der Waals surface area contributed by atoms with Crippen molar-refractivity contribution in [2.75, 3.05) is 0 Å². The van der Waals surface area contributed by atoms with Gasteiger partial charge in [-0.15, -0.1) is 0 Å². The first-order chi connectivity index (χ1) is 7.94. The first-order valence-corrected chi connectivity index (χ1v) is 6.99. The van der Waals surface area contributed by atoms with E-state index in [1.807, 2.05) is 6.07 Å². The Labute approximate surface area is 99.7 Å². The van der Waals surface area contributed by atoms with Crippen LogP contribution in [0.5, 0.6) is 0 Å². The normalized spacial score (nSPS) is 15.2. The number of halogens is 2. The van der Waals surface area contributed by atoms with Crippen molar-refractivity contribution >= 4 is 7.52 Å². The molecule has 1 aromatic carbocycles. The largest absolute Gasteiger partial charge is 0.335 e. The highest BCUT2D eigenvalue weighted by atomic mass is 31.2. The zero-order valence-corrected chi connectivity index (χ0v) is 10.7. The van der Waals surface area contributed by atoms with E-state index in [1.165, 1.54) is 0 Å². The van der Waals surface area contributed by atoms with Gasteiger partial charge in [-0.05, 0) is 19.4 Å². The summed E-state index contributed by atoms with van der Waals surface area (Å²) in [7, 11) is -4.10. The molecule has 0 amide bonds. The van der Waals surface area contributed by atoms with Gasteiger partial charge in [0.2, 0.25) is 0 Å². The molecule has 0 heterocycles. The first-order valence-electron chi connectivity index (χ1n) is 5.29. The van der Waals surface area contributed by atoms with Crippen molar-refractivity contribution in [1.29, 1.82) is 0 Å². The van der Waals surface area contributed by atoms with Crippen molar-refractivity contribution in [3.05, 3.63) is 35.9 Å². The summed E-state index contributed by atoms with van der Waals surface area (Å²) in [5.74, 6) is 0. The van der Waals surface area contributed by atoms with Gasteiger partial charge in [0, 0.05) is 6.54 Å². The van der Waals surface area contributed by atoms with Gasteiger partial charge in [-0.25, -0.2) is 5.09 Å². The molecule has 0 bridgehead atoms. The number of hydrogen-bond donors (Lipinski definition) is 1. The van der Waals surface area contributed by atoms with Crippen LogP contribution in [0.15, 0.2) is 30.3 Å². The van der Waals surface area contributed by atoms with Gasteiger partial charge < -0.3 is 4.52 Å². The highest BCUT2D eigenvalue weighted by Crippen LogP contribution is 2.50. The number of nitrogens with one attached hydrogen (secondary N) is 1. The number of hydrogen-bond acceptors (Lipinski definition) is 2. The molecule has 1 N–H and O–H groups in total. The maximum absolute atomic E-state index is 12.7. The van der Waals surface area contributed by atoms with Crippen LogP contribution in [0.25, 0.3) is 0 Å². The fraction of sp³-hybridized carbons (Fsp3) is 0.455. The second-order valence-electron chi connectivity index (χ2n) is 3.85. The lowest BCUT2D eigenvalue weighted by molar-refractivity contribution is 0.163. The van der Waals surface area contributed by atoms with Crippen molar-refractivity contribution in [3.63, 3.8) is 0 Å². The van der Waals surface area contributed by atoms with E-state index in [0.717, 1.165) is 5.56 Å². The summed E-state index contributed by atoms with van der Waals surface area (Å²) in [5, 5.41) is 2.33. The van der Waals surface area contributed by atoms with Gasteiger partial charge in [0.05, 0.1) is 6.10 Å². The molecule has 0 aliphatic carbocycles. The molecule has 0 aliphatic heterocycles. The molecule has 1 rings (SSSR count). The zero-order valence-electron chi connectivity index (χ0n) is 9.77. The zero-order chi connectivity index (χ0) is 12.9. The van der Waals surface area contributed by atoms with Crippen LogP contribution in [0.2, 0.25) is 0 Å². The third kappa shape index (κ3) is 4.54. The van der Waals surface area contributed by atoms with Crippen LogP contribution in [0.4, 0.5) is 8.78 Å². The molecule has 96 valence electrons. The maximum atomic E-state index is 12.7. The van der Waals surface area contributed by atoms with E-state index < -0.39 is 19.8 Å². The van der Waals surface area contributed by atoms with E-state index in [-0.39, 0.29) is 6.54 Å². The standard InChI is InChI=1S/C11H16F2NO2P/c1-9(2)16-17(15,11(12)13)14-8-10-6-4-3-5-7-10/h3-7,9,11H,8H2,1-2H3,(H,14,15). The van der Waals surface area contributed by atoms with Crippen molar-refractivity contribution in [3.8, 4) is 0 Å². The van der Waals surface area contributed by atoms with Crippen LogP contribution in [0, 0.1) is 0 Å². The Morgan fingerprint density at radius 2 is 1.88 bits per heavy atom. The summed E-state index contributed by atoms with van der Waals surface area (Å²) in [6.45, 7) is 3.23. The van der Waals surface area contributed by atoms with E-state index in [9.17, 15) is 13.3 Å². The fourth-order valence-corrected chi connectivity index (χ4v) is 2.60. The Balaban J connectivity index is 2.65. The van der Waals surface area contributed by atoms with Gasteiger partial charge in [0.15, 0.2) is 0 Å². The number of rotatable bonds is 6. The molecule has 6 heteroatoms. The summed E-state index contributed by atoms with van der Waals surface area (Å²) in [5.41, 5.74) is 0.778. The smallest absolute Gasteiger partial charge is 0.311 e. The lowest BCUT2D eigenvalue weighted by Crippen LogP contribution is -2.19. The van der Waals surface area contributed by atoms with E-state index in [4.69, 9.17) is 4.52 Å². The monoisotopic (exact) mass is 263 g/mol. The van der Waals surface area contributed by atoms with Gasteiger partial charge in [-0.2, -0.15) is 8.78 Å². The van der Waals surface area contributed by atoms with E-state index >= 15 is 0 Å². The Hall–Kier alpha value is -0.770. The van der Waals surface area contributed by atoms with Crippen molar-refractivity contribution in [1.82, 2.24) is 5.09 Å². The van der Waals surface area contributed by atoms with Gasteiger partial charge in [-0.1, -0.05) is 30.3 Å². The molecule has 0 fully saturated rings. The lowest BCUT2D eigenvalue weighted by Gasteiger charge is -2.20. The SMILES string of the molecule is CC(C)OP(=O)(NCc1ccccc1)C(F)F. The molecule has 0 radical (unpaired) electrons. The summed E-state index contributed by atoms with van der Waals surface area (Å²) in [6.07, 6.45) is -3.54. The Morgan fingerprint density at radius 3 is 2.35 bits per heavy atom. The molecule has 1 atom stereocenters. The van der Waals surface area contributed by atoms with Crippen LogP contribution >= 0.6 is 7.52 Å². The highest BCUT2D eigenvalue weighted by Gasteiger charge is 2.35. The molecular weight excluding hydrogens is 247 g/mol. The van der Waals surface area contributed by atoms with Crippen molar-refractivity contribution in [2.24, 2.45) is 0 Å². The molecule has 0 spiro atoms. The summed E-state index contributed by atoms with van der Waals surface area (Å²) >= 11 is 0. The molecule has 0 aromatic heterocycles. The quantitative estimate of drug-likeness (QED) is 0.797.